The van der Waals surface area contributed by atoms with Gasteiger partial charge in [-0.2, -0.15) is 0 Å². The molecule has 0 heterocycles. The summed E-state index contributed by atoms with van der Waals surface area (Å²) in [7, 11) is 4.32. The average molecular weight is 358 g/mol. The van der Waals surface area contributed by atoms with E-state index in [0.29, 0.717) is 23.6 Å². The molecule has 1 aromatic carbocycles. The van der Waals surface area contributed by atoms with Gasteiger partial charge in [0, 0.05) is 12.3 Å². The third-order valence-electron chi connectivity index (χ3n) is 3.82. The lowest BCUT2D eigenvalue weighted by Crippen LogP contribution is -2.31. The number of methoxy groups -OCH3 is 3. The maximum atomic E-state index is 12.7. The standard InChI is InChI=1S/C16H20ClNO6/c1-21-9-7-8-11(15(23-3)14(9)22-2)13(20)16(12(8)18)24-10(19)5-4-6-17/h7,12,16H,4-6,18H2,1-3H3/t12-,16-/m0/s1. The summed E-state index contributed by atoms with van der Waals surface area (Å²) in [5, 5.41) is 0. The molecule has 0 saturated carbocycles. The number of rotatable bonds is 7. The zero-order valence-electron chi connectivity index (χ0n) is 13.8. The number of hydrogen-bond acceptors (Lipinski definition) is 7. The molecule has 0 aliphatic heterocycles. The Bertz CT molecular complexity index is 648. The van der Waals surface area contributed by atoms with Gasteiger partial charge in [0.15, 0.2) is 17.6 Å². The van der Waals surface area contributed by atoms with Crippen LogP contribution in [0.4, 0.5) is 0 Å². The lowest BCUT2D eigenvalue weighted by molar-refractivity contribution is -0.147. The first-order chi connectivity index (χ1) is 11.5. The highest BCUT2D eigenvalue weighted by Crippen LogP contribution is 2.47. The fourth-order valence-electron chi connectivity index (χ4n) is 2.70. The van der Waals surface area contributed by atoms with Crippen LogP contribution in [0, 0.1) is 0 Å². The number of nitrogens with two attached hydrogens (primary N) is 1. The predicted octanol–water partition coefficient (Wildman–Crippen LogP) is 1.84. The van der Waals surface area contributed by atoms with E-state index in [0.717, 1.165) is 0 Å². The second-order valence-electron chi connectivity index (χ2n) is 5.20. The van der Waals surface area contributed by atoms with Gasteiger partial charge in [-0.15, -0.1) is 11.6 Å². The quantitative estimate of drug-likeness (QED) is 0.587. The highest BCUT2D eigenvalue weighted by Gasteiger charge is 2.44. The highest BCUT2D eigenvalue weighted by molar-refractivity contribution is 6.17. The Morgan fingerprint density at radius 1 is 1.21 bits per heavy atom. The summed E-state index contributed by atoms with van der Waals surface area (Å²) in [5.74, 6) is 0.276. The second kappa shape index (κ2) is 7.72. The van der Waals surface area contributed by atoms with Gasteiger partial charge in [0.05, 0.1) is 32.9 Å². The molecule has 2 rings (SSSR count). The minimum absolute atomic E-state index is 0.125. The van der Waals surface area contributed by atoms with Gasteiger partial charge in [-0.25, -0.2) is 0 Å². The minimum atomic E-state index is -1.10. The van der Waals surface area contributed by atoms with Gasteiger partial charge in [0.1, 0.15) is 0 Å². The third-order valence-corrected chi connectivity index (χ3v) is 4.09. The monoisotopic (exact) mass is 357 g/mol. The zero-order valence-corrected chi connectivity index (χ0v) is 14.5. The molecule has 24 heavy (non-hydrogen) atoms. The van der Waals surface area contributed by atoms with Crippen LogP contribution in [-0.2, 0) is 9.53 Å². The molecule has 1 aromatic rings. The molecule has 2 atom stereocenters. The SMILES string of the molecule is COc1cc2c(c(OC)c1OC)C(=O)[C@@H](OC(=O)CCCCl)[C@H]2N. The van der Waals surface area contributed by atoms with Gasteiger partial charge >= 0.3 is 5.97 Å². The van der Waals surface area contributed by atoms with Crippen LogP contribution in [0.15, 0.2) is 6.07 Å². The lowest BCUT2D eigenvalue weighted by atomic mass is 10.1. The van der Waals surface area contributed by atoms with Gasteiger partial charge < -0.3 is 24.7 Å². The van der Waals surface area contributed by atoms with Gasteiger partial charge in [-0.05, 0) is 18.1 Å². The van der Waals surface area contributed by atoms with Crippen LogP contribution in [0.1, 0.15) is 34.8 Å². The van der Waals surface area contributed by atoms with E-state index in [1.807, 2.05) is 0 Å². The van der Waals surface area contributed by atoms with Crippen LogP contribution in [-0.4, -0.2) is 45.1 Å². The van der Waals surface area contributed by atoms with Crippen molar-refractivity contribution in [3.8, 4) is 17.2 Å². The predicted molar refractivity (Wildman–Crippen MR) is 87.2 cm³/mol. The highest BCUT2D eigenvalue weighted by atomic mass is 35.5. The van der Waals surface area contributed by atoms with E-state index in [9.17, 15) is 9.59 Å². The first-order valence-electron chi connectivity index (χ1n) is 7.38. The Morgan fingerprint density at radius 2 is 1.88 bits per heavy atom. The number of hydrogen-bond donors (Lipinski definition) is 1. The number of fused-ring (bicyclic) bond motifs is 1. The van der Waals surface area contributed by atoms with E-state index in [1.54, 1.807) is 6.07 Å². The van der Waals surface area contributed by atoms with Crippen molar-refractivity contribution >= 4 is 23.4 Å². The Balaban J connectivity index is 2.40. The lowest BCUT2D eigenvalue weighted by Gasteiger charge is -2.16. The number of alkyl halides is 1. The van der Waals surface area contributed by atoms with Crippen molar-refractivity contribution in [2.24, 2.45) is 5.73 Å². The molecule has 0 amide bonds. The molecule has 1 aliphatic carbocycles. The molecule has 2 N–H and O–H groups in total. The molecule has 0 spiro atoms. The molecule has 0 radical (unpaired) electrons. The number of carbonyl (C=O) groups excluding carboxylic acids is 2. The normalized spacial score (nSPS) is 19.0. The van der Waals surface area contributed by atoms with Crippen molar-refractivity contribution in [2.45, 2.75) is 25.0 Å². The minimum Gasteiger partial charge on any atom is -0.493 e. The van der Waals surface area contributed by atoms with Crippen LogP contribution in [0.3, 0.4) is 0 Å². The molecule has 1 aliphatic rings. The van der Waals surface area contributed by atoms with Crippen LogP contribution >= 0.6 is 11.6 Å². The maximum Gasteiger partial charge on any atom is 0.306 e. The molecule has 0 fully saturated rings. The number of benzene rings is 1. The first-order valence-corrected chi connectivity index (χ1v) is 7.91. The van der Waals surface area contributed by atoms with Crippen molar-refractivity contribution in [1.82, 2.24) is 0 Å². The summed E-state index contributed by atoms with van der Waals surface area (Å²) in [6, 6.07) is 0.799. The third kappa shape index (κ3) is 3.14. The number of carbonyl (C=O) groups is 2. The zero-order chi connectivity index (χ0) is 17.9. The Labute approximate surface area is 144 Å². The fourth-order valence-corrected chi connectivity index (χ4v) is 2.83. The number of halogens is 1. The van der Waals surface area contributed by atoms with Crippen LogP contribution in [0.25, 0.3) is 0 Å². The molecule has 0 bridgehead atoms. The number of ketones is 1. The molecule has 8 heteroatoms. The number of esters is 1. The Morgan fingerprint density at radius 3 is 2.42 bits per heavy atom. The maximum absolute atomic E-state index is 12.7. The van der Waals surface area contributed by atoms with Crippen molar-refractivity contribution in [3.05, 3.63) is 17.2 Å². The summed E-state index contributed by atoms with van der Waals surface area (Å²) in [6.07, 6.45) is -0.511. The molecule has 0 aromatic heterocycles. The van der Waals surface area contributed by atoms with Crippen molar-refractivity contribution in [2.75, 3.05) is 27.2 Å². The Kier molecular flexibility index (Phi) is 5.90. The van der Waals surface area contributed by atoms with Gasteiger partial charge in [0.2, 0.25) is 11.5 Å². The number of ether oxygens (including phenoxy) is 4. The summed E-state index contributed by atoms with van der Waals surface area (Å²) < 4.78 is 21.1. The van der Waals surface area contributed by atoms with E-state index in [4.69, 9.17) is 36.3 Å². The van der Waals surface area contributed by atoms with Gasteiger partial charge in [-0.1, -0.05) is 0 Å². The molecule has 0 saturated heterocycles. The van der Waals surface area contributed by atoms with Crippen molar-refractivity contribution in [3.63, 3.8) is 0 Å². The van der Waals surface area contributed by atoms with Crippen LogP contribution in [0.2, 0.25) is 0 Å². The van der Waals surface area contributed by atoms with Crippen molar-refractivity contribution < 1.29 is 28.5 Å². The summed E-state index contributed by atoms with van der Waals surface area (Å²) >= 11 is 5.56. The molecule has 7 nitrogen and oxygen atoms in total. The molecule has 0 unspecified atom stereocenters. The van der Waals surface area contributed by atoms with Crippen LogP contribution in [0.5, 0.6) is 17.2 Å². The molecular formula is C16H20ClNO6. The summed E-state index contributed by atoms with van der Waals surface area (Å²) in [4.78, 5) is 24.5. The van der Waals surface area contributed by atoms with E-state index >= 15 is 0 Å². The van der Waals surface area contributed by atoms with E-state index < -0.39 is 23.9 Å². The summed E-state index contributed by atoms with van der Waals surface area (Å²) in [5.41, 5.74) is 6.86. The first kappa shape index (κ1) is 18.4. The van der Waals surface area contributed by atoms with E-state index in [2.05, 4.69) is 0 Å². The summed E-state index contributed by atoms with van der Waals surface area (Å²) in [6.45, 7) is 0. The van der Waals surface area contributed by atoms with E-state index in [1.165, 1.54) is 21.3 Å². The molecular weight excluding hydrogens is 338 g/mol. The Hall–Kier alpha value is -1.99. The smallest absolute Gasteiger partial charge is 0.306 e. The van der Waals surface area contributed by atoms with Crippen molar-refractivity contribution in [1.29, 1.82) is 0 Å². The average Bonchev–Trinajstić information content (AvgIpc) is 2.82. The number of Topliss-reactive ketones (excluding diaryl/α,β-unsaturated/α-hetero) is 1. The molecule has 132 valence electrons. The van der Waals surface area contributed by atoms with E-state index in [-0.39, 0.29) is 23.5 Å². The topological polar surface area (TPSA) is 97.1 Å². The van der Waals surface area contributed by atoms with Crippen LogP contribution < -0.4 is 19.9 Å². The van der Waals surface area contributed by atoms with Gasteiger partial charge in [-0.3, -0.25) is 9.59 Å². The largest absolute Gasteiger partial charge is 0.493 e. The second-order valence-corrected chi connectivity index (χ2v) is 5.58. The fraction of sp³-hybridized carbons (Fsp3) is 0.500. The van der Waals surface area contributed by atoms with Gasteiger partial charge in [0.25, 0.3) is 0 Å².